The summed E-state index contributed by atoms with van der Waals surface area (Å²) in [6.45, 7) is 11.6. The van der Waals surface area contributed by atoms with Gasteiger partial charge < -0.3 is 31.3 Å². The van der Waals surface area contributed by atoms with Crippen LogP contribution in [0.1, 0.15) is 111 Å². The van der Waals surface area contributed by atoms with E-state index in [0.717, 1.165) is 22.7 Å². The lowest BCUT2D eigenvalue weighted by molar-refractivity contribution is -0.935. The fourth-order valence-corrected chi connectivity index (χ4v) is 11.5. The van der Waals surface area contributed by atoms with E-state index < -0.39 is 0 Å². The number of carbonyl (C=O) groups is 1. The van der Waals surface area contributed by atoms with E-state index in [-0.39, 0.29) is 40.6 Å². The maximum Gasteiger partial charge on any atom is 0.302 e. The van der Waals surface area contributed by atoms with Gasteiger partial charge in [0.25, 0.3) is 0 Å². The van der Waals surface area contributed by atoms with Crippen molar-refractivity contribution in [3.8, 4) is 0 Å². The van der Waals surface area contributed by atoms with E-state index in [0.29, 0.717) is 29.3 Å². The van der Waals surface area contributed by atoms with Crippen molar-refractivity contribution in [3.05, 3.63) is 0 Å². The number of rotatable bonds is 3. The van der Waals surface area contributed by atoms with Gasteiger partial charge in [0.05, 0.1) is 20.1 Å². The van der Waals surface area contributed by atoms with Gasteiger partial charge in [0.2, 0.25) is 0 Å². The lowest BCUT2D eigenvalue weighted by Gasteiger charge is -2.62. The number of carbonyl (C=O) groups excluding carboxylic acids is 1. The molecule has 0 aromatic rings. The molecule has 0 unspecified atom stereocenters. The number of hydrogen-bond acceptors (Lipinski definition) is 4. The van der Waals surface area contributed by atoms with Gasteiger partial charge in [-0.1, -0.05) is 20.3 Å². The first kappa shape index (κ1) is 30.3. The molecule has 0 radical (unpaired) electrons. The molecule has 1 N–H and O–H groups in total. The molecule has 0 aromatic carbocycles. The number of ether oxygens (including phenoxy) is 1. The van der Waals surface area contributed by atoms with E-state index in [1.165, 1.54) is 110 Å². The van der Waals surface area contributed by atoms with Gasteiger partial charge in [-0.3, -0.25) is 9.69 Å². The summed E-state index contributed by atoms with van der Waals surface area (Å²) in [4.78, 5) is 14.8. The van der Waals surface area contributed by atoms with Crippen LogP contribution in [0.4, 0.5) is 0 Å². The number of likely N-dealkylation sites (tertiary alicyclic amines) is 2. The number of hydrogen-bond donors (Lipinski definition) is 1. The Kier molecular flexibility index (Phi) is 8.92. The van der Waals surface area contributed by atoms with Gasteiger partial charge >= 0.3 is 5.97 Å². The summed E-state index contributed by atoms with van der Waals surface area (Å²) in [6, 6.07) is 0.809. The van der Waals surface area contributed by atoms with E-state index >= 15 is 0 Å². The molecule has 2 saturated heterocycles. The summed E-state index contributed by atoms with van der Waals surface area (Å²) in [7, 11) is 2.48. The SMILES string of the molecule is CC(=O)O[C@H]1C[C@@H]2CC[C@@H]3[C@H](CC[C@]4(C)[C@@H](O)[C@@H]([N+]5(C)CCCCCC5)C[C@@H]34)[C@@]2(C)C[C@@H]1N1CCCCC1.[Br-]. The minimum absolute atomic E-state index is 0. The van der Waals surface area contributed by atoms with Crippen molar-refractivity contribution < 1.29 is 36.1 Å². The molecule has 5 nitrogen and oxygen atoms in total. The minimum Gasteiger partial charge on any atom is -1.00 e. The van der Waals surface area contributed by atoms with Gasteiger partial charge in [0.1, 0.15) is 18.2 Å². The summed E-state index contributed by atoms with van der Waals surface area (Å²) in [5.41, 5.74) is 0.414. The van der Waals surface area contributed by atoms with Crippen LogP contribution < -0.4 is 17.0 Å². The first-order valence-corrected chi connectivity index (χ1v) is 16.6. The van der Waals surface area contributed by atoms with Crippen molar-refractivity contribution in [2.45, 2.75) is 135 Å². The lowest BCUT2D eigenvalue weighted by atomic mass is 9.44. The van der Waals surface area contributed by atoms with Gasteiger partial charge in [-0.2, -0.15) is 0 Å². The molecule has 6 heteroatoms. The van der Waals surface area contributed by atoms with Crippen molar-refractivity contribution in [2.24, 2.45) is 34.5 Å². The summed E-state index contributed by atoms with van der Waals surface area (Å²) < 4.78 is 7.19. The van der Waals surface area contributed by atoms with Crippen LogP contribution in [-0.2, 0) is 9.53 Å². The molecule has 0 aromatic heterocycles. The molecule has 6 rings (SSSR count). The molecule has 2 aliphatic heterocycles. The molecule has 6 aliphatic rings. The fraction of sp³-hybridized carbons (Fsp3) is 0.970. The van der Waals surface area contributed by atoms with Gasteiger partial charge in [-0.25, -0.2) is 0 Å². The van der Waals surface area contributed by atoms with Crippen LogP contribution >= 0.6 is 0 Å². The normalized spacial score (nSPS) is 48.0. The van der Waals surface area contributed by atoms with E-state index in [1.807, 2.05) is 0 Å². The van der Waals surface area contributed by atoms with Gasteiger partial charge in [0.15, 0.2) is 0 Å². The van der Waals surface area contributed by atoms with Crippen molar-refractivity contribution >= 4 is 5.97 Å². The van der Waals surface area contributed by atoms with Gasteiger partial charge in [0, 0.05) is 24.8 Å². The summed E-state index contributed by atoms with van der Waals surface area (Å²) in [5, 5.41) is 12.0. The third-order valence-corrected chi connectivity index (χ3v) is 13.7. The first-order valence-electron chi connectivity index (χ1n) is 16.6. The molecule has 4 aliphatic carbocycles. The first-order chi connectivity index (χ1) is 18.2. The van der Waals surface area contributed by atoms with Crippen LogP contribution in [0.2, 0.25) is 0 Å². The second kappa shape index (κ2) is 11.5. The average Bonchev–Trinajstić information content (AvgIpc) is 3.02. The number of nitrogens with zero attached hydrogens (tertiary/aromatic N) is 2. The summed E-state index contributed by atoms with van der Waals surface area (Å²) in [6.07, 6.45) is 17.8. The van der Waals surface area contributed by atoms with Crippen LogP contribution in [0.25, 0.3) is 0 Å². The largest absolute Gasteiger partial charge is 1.00 e. The Labute approximate surface area is 249 Å². The van der Waals surface area contributed by atoms with E-state index in [1.54, 1.807) is 6.92 Å². The number of likely N-dealkylation sites (N-methyl/N-ethyl adjacent to an activating group) is 1. The van der Waals surface area contributed by atoms with Crippen LogP contribution in [0, 0.1) is 34.5 Å². The average molecular weight is 610 g/mol. The van der Waals surface area contributed by atoms with Crippen LogP contribution in [-0.4, -0.2) is 78.0 Å². The highest BCUT2D eigenvalue weighted by Gasteiger charge is 2.66. The van der Waals surface area contributed by atoms with E-state index in [9.17, 15) is 9.90 Å². The molecule has 224 valence electrons. The highest BCUT2D eigenvalue weighted by molar-refractivity contribution is 5.66. The Morgan fingerprint density at radius 1 is 0.897 bits per heavy atom. The zero-order valence-corrected chi connectivity index (χ0v) is 27.0. The zero-order valence-electron chi connectivity index (χ0n) is 25.4. The molecule has 0 spiro atoms. The van der Waals surface area contributed by atoms with Crippen LogP contribution in [0.3, 0.4) is 0 Å². The molecular formula is C33H57BrN2O3. The Morgan fingerprint density at radius 2 is 1.56 bits per heavy atom. The van der Waals surface area contributed by atoms with Crippen LogP contribution in [0.5, 0.6) is 0 Å². The van der Waals surface area contributed by atoms with E-state index in [4.69, 9.17) is 4.74 Å². The Morgan fingerprint density at radius 3 is 2.23 bits per heavy atom. The monoisotopic (exact) mass is 608 g/mol. The molecule has 6 fully saturated rings. The van der Waals surface area contributed by atoms with Gasteiger partial charge in [-0.15, -0.1) is 0 Å². The summed E-state index contributed by atoms with van der Waals surface area (Å²) in [5.74, 6) is 2.73. The van der Waals surface area contributed by atoms with Crippen molar-refractivity contribution in [1.29, 1.82) is 0 Å². The molecule has 39 heavy (non-hydrogen) atoms. The number of halogens is 1. The molecule has 0 amide bonds. The molecular weight excluding hydrogens is 552 g/mol. The molecule has 4 saturated carbocycles. The Balaban J connectivity index is 0.00000308. The summed E-state index contributed by atoms with van der Waals surface area (Å²) >= 11 is 0. The second-order valence-corrected chi connectivity index (χ2v) is 15.5. The van der Waals surface area contributed by atoms with Crippen molar-refractivity contribution in [1.82, 2.24) is 4.90 Å². The zero-order chi connectivity index (χ0) is 26.7. The number of fused-ring (bicyclic) bond motifs is 5. The van der Waals surface area contributed by atoms with Crippen LogP contribution in [0.15, 0.2) is 0 Å². The highest BCUT2D eigenvalue weighted by Crippen LogP contribution is 2.67. The van der Waals surface area contributed by atoms with E-state index in [2.05, 4.69) is 25.8 Å². The number of aliphatic hydroxyl groups excluding tert-OH is 1. The maximum absolute atomic E-state index is 12.1. The van der Waals surface area contributed by atoms with Crippen molar-refractivity contribution in [2.75, 3.05) is 33.2 Å². The predicted octanol–water partition coefficient (Wildman–Crippen LogP) is 2.79. The third-order valence-electron chi connectivity index (χ3n) is 13.7. The quantitative estimate of drug-likeness (QED) is 0.395. The number of piperidine rings is 1. The Bertz CT molecular complexity index is 871. The lowest BCUT2D eigenvalue weighted by Crippen LogP contribution is -3.00. The maximum atomic E-state index is 12.1. The molecule has 2 heterocycles. The fourth-order valence-electron chi connectivity index (χ4n) is 11.5. The van der Waals surface area contributed by atoms with Gasteiger partial charge in [-0.05, 0) is 119 Å². The molecule has 0 bridgehead atoms. The van der Waals surface area contributed by atoms with Crippen molar-refractivity contribution in [3.63, 3.8) is 0 Å². The minimum atomic E-state index is -0.150. The molecule has 10 atom stereocenters. The standard InChI is InChI=1S/C33H57N2O3.BrH/c1-23(36)38-30-20-24-12-13-25-26(33(24,3)22-28(30)34-16-8-7-9-17-34)14-15-32(2)27(25)21-29(31(32)37)35(4)18-10-5-6-11-19-35;/h24-31,37H,5-22H2,1-4H3;1H/q+1;/p-1/t24-,25+,26-,27-,28-,29-,30-,31-,32-,33-;/m0./s1. The number of aliphatic hydroxyl groups is 1. The third kappa shape index (κ3) is 5.18. The second-order valence-electron chi connectivity index (χ2n) is 15.5. The predicted molar refractivity (Wildman–Crippen MR) is 151 cm³/mol. The smallest absolute Gasteiger partial charge is 0.302 e. The Hall–Kier alpha value is -0.170. The number of quaternary nitrogens is 1. The topological polar surface area (TPSA) is 49.8 Å². The number of esters is 1. The highest BCUT2D eigenvalue weighted by atomic mass is 79.9.